The molecule has 0 aromatic heterocycles. The Balaban J connectivity index is 1.07. The van der Waals surface area contributed by atoms with Gasteiger partial charge in [0.15, 0.2) is 18.2 Å². The number of benzene rings is 4. The maximum Gasteiger partial charge on any atom is 0.417 e. The van der Waals surface area contributed by atoms with E-state index in [0.29, 0.717) is 12.2 Å². The summed E-state index contributed by atoms with van der Waals surface area (Å²) >= 11 is 0. The molecule has 3 aliphatic heterocycles. The van der Waals surface area contributed by atoms with Gasteiger partial charge in [0.2, 0.25) is 5.91 Å². The van der Waals surface area contributed by atoms with Crippen LogP contribution in [-0.2, 0) is 62.4 Å². The molecule has 0 aliphatic carbocycles. The van der Waals surface area contributed by atoms with Gasteiger partial charge in [-0.3, -0.25) is 9.59 Å². The molecule has 4 aromatic carbocycles. The number of carbonyl (C=O) groups is 3. The summed E-state index contributed by atoms with van der Waals surface area (Å²) in [5.41, 5.74) is 3.47. The number of ketones is 1. The van der Waals surface area contributed by atoms with Crippen molar-refractivity contribution in [2.24, 2.45) is 5.92 Å². The summed E-state index contributed by atoms with van der Waals surface area (Å²) < 4.78 is 43.3. The molecule has 12 heteroatoms. The van der Waals surface area contributed by atoms with Gasteiger partial charge in [0.05, 0.1) is 38.4 Å². The highest BCUT2D eigenvalue weighted by atomic mass is 16.7. The molecule has 314 valence electrons. The zero-order valence-electron chi connectivity index (χ0n) is 33.7. The average molecular weight is 818 g/mol. The van der Waals surface area contributed by atoms with Crippen molar-refractivity contribution in [2.45, 2.75) is 81.9 Å². The lowest BCUT2D eigenvalue weighted by atomic mass is 9.88. The van der Waals surface area contributed by atoms with Crippen LogP contribution < -0.4 is 0 Å². The molecule has 4 aromatic rings. The van der Waals surface area contributed by atoms with Gasteiger partial charge >= 0.3 is 6.09 Å². The van der Waals surface area contributed by atoms with Crippen molar-refractivity contribution in [2.75, 3.05) is 20.3 Å². The molecule has 3 aliphatic rings. The number of ether oxygens (including phenoxy) is 7. The summed E-state index contributed by atoms with van der Waals surface area (Å²) in [4.78, 5) is 42.4. The van der Waals surface area contributed by atoms with Crippen molar-refractivity contribution >= 4 is 17.8 Å². The van der Waals surface area contributed by atoms with Crippen molar-refractivity contribution in [1.29, 1.82) is 0 Å². The highest BCUT2D eigenvalue weighted by Gasteiger charge is 2.50. The number of hydrogen-bond acceptors (Lipinski definition) is 11. The van der Waals surface area contributed by atoms with Gasteiger partial charge in [-0.1, -0.05) is 121 Å². The van der Waals surface area contributed by atoms with Crippen LogP contribution in [0.15, 0.2) is 145 Å². The largest absolute Gasteiger partial charge is 0.482 e. The minimum Gasteiger partial charge on any atom is -0.482 e. The van der Waals surface area contributed by atoms with E-state index in [-0.39, 0.29) is 32.8 Å². The van der Waals surface area contributed by atoms with E-state index in [1.54, 1.807) is 19.1 Å². The molecule has 0 saturated carbocycles. The average Bonchev–Trinajstić information content (AvgIpc) is 3.59. The maximum atomic E-state index is 14.4. The summed E-state index contributed by atoms with van der Waals surface area (Å²) in [5, 5.41) is 10.4. The lowest BCUT2D eigenvalue weighted by molar-refractivity contribution is -0.319. The van der Waals surface area contributed by atoms with Crippen molar-refractivity contribution < 1.29 is 52.6 Å². The number of methoxy groups -OCH3 is 1. The summed E-state index contributed by atoms with van der Waals surface area (Å²) in [7, 11) is 1.51. The number of nitrogens with zero attached hydrogens (tertiary/aromatic N) is 1. The first-order valence-corrected chi connectivity index (χ1v) is 20.3. The molecule has 1 N–H and O–H groups in total. The van der Waals surface area contributed by atoms with Crippen LogP contribution in [0, 0.1) is 5.92 Å². The number of carbonyl (C=O) groups excluding carboxylic acids is 3. The topological polar surface area (TPSA) is 139 Å². The van der Waals surface area contributed by atoms with E-state index in [4.69, 9.17) is 33.2 Å². The van der Waals surface area contributed by atoms with E-state index in [1.807, 2.05) is 121 Å². The van der Waals surface area contributed by atoms with Gasteiger partial charge in [0.1, 0.15) is 36.3 Å². The van der Waals surface area contributed by atoms with Crippen LogP contribution in [0.25, 0.3) is 0 Å². The molecule has 7 rings (SSSR count). The Labute approximate surface area is 350 Å². The molecule has 60 heavy (non-hydrogen) atoms. The lowest BCUT2D eigenvalue weighted by Crippen LogP contribution is -2.61. The Kier molecular flexibility index (Phi) is 14.7. The Hall–Kier alpha value is -5.47. The second kappa shape index (κ2) is 20.7. The van der Waals surface area contributed by atoms with Gasteiger partial charge in [0.25, 0.3) is 0 Å². The zero-order chi connectivity index (χ0) is 41.8. The number of imide groups is 1. The fourth-order valence-corrected chi connectivity index (χ4v) is 7.84. The van der Waals surface area contributed by atoms with Crippen LogP contribution in [0.2, 0.25) is 0 Å². The van der Waals surface area contributed by atoms with Crippen LogP contribution >= 0.6 is 0 Å². The smallest absolute Gasteiger partial charge is 0.417 e. The fourth-order valence-electron chi connectivity index (χ4n) is 7.84. The van der Waals surface area contributed by atoms with Crippen molar-refractivity contribution in [3.05, 3.63) is 168 Å². The molecule has 9 atom stereocenters. The van der Waals surface area contributed by atoms with Crippen molar-refractivity contribution in [3.63, 3.8) is 0 Å². The van der Waals surface area contributed by atoms with Crippen molar-refractivity contribution in [3.8, 4) is 0 Å². The predicted molar refractivity (Wildman–Crippen MR) is 220 cm³/mol. The van der Waals surface area contributed by atoms with Gasteiger partial charge in [-0.2, -0.15) is 0 Å². The third kappa shape index (κ3) is 10.3. The summed E-state index contributed by atoms with van der Waals surface area (Å²) in [5.74, 6) is -1.61. The van der Waals surface area contributed by atoms with E-state index >= 15 is 0 Å². The number of aliphatic hydroxyl groups is 1. The molecule has 12 nitrogen and oxygen atoms in total. The second-order valence-corrected chi connectivity index (χ2v) is 14.9. The molecule has 0 unspecified atom stereocenters. The fraction of sp³-hybridized carbons (Fsp3) is 0.354. The quantitative estimate of drug-likeness (QED) is 0.114. The Bertz CT molecular complexity index is 2060. The highest BCUT2D eigenvalue weighted by molar-refractivity contribution is 6.02. The first-order valence-electron chi connectivity index (χ1n) is 20.3. The molecule has 2 amide bonds. The highest BCUT2D eigenvalue weighted by Crippen LogP contribution is 2.36. The lowest BCUT2D eigenvalue weighted by Gasteiger charge is -2.45. The first kappa shape index (κ1) is 42.6. The molecular weight excluding hydrogens is 767 g/mol. The molecule has 0 radical (unpaired) electrons. The number of cyclic esters (lactones) is 1. The van der Waals surface area contributed by atoms with Gasteiger partial charge in [-0.25, -0.2) is 9.69 Å². The first-order chi connectivity index (χ1) is 29.3. The molecular formula is C48H51NO11. The number of aliphatic hydroxyl groups excluding tert-OH is 1. The Morgan fingerprint density at radius 3 is 1.93 bits per heavy atom. The standard InChI is InChI=1S/C48H51NO11/c1-32-41(36-22-13-6-14-23-36)60-48(53)49(32)46(52)38(28-33-16-7-3-8-17-33)42-39(51)26-25-37(58-42)24-15-27-55-45-44(57-31-35-20-11-5-12-21-35)43(40(29-50)59-47(45)54-2)56-30-34-18-9-4-10-19-34/h3-14,16-26,32,38,40-45,47,50H,15,27-31H2,1-2H3/t32-,38+,40+,41-,42-,43+,44-,45-,47-/m0/s1. The number of amides is 2. The van der Waals surface area contributed by atoms with Crippen molar-refractivity contribution in [1.82, 2.24) is 4.90 Å². The number of rotatable bonds is 17. The van der Waals surface area contributed by atoms with Crippen LogP contribution in [0.3, 0.4) is 0 Å². The van der Waals surface area contributed by atoms with Gasteiger partial charge in [-0.15, -0.1) is 0 Å². The van der Waals surface area contributed by atoms with Gasteiger partial charge < -0.3 is 38.3 Å². The van der Waals surface area contributed by atoms with E-state index in [1.165, 1.54) is 13.2 Å². The summed E-state index contributed by atoms with van der Waals surface area (Å²) in [6.07, 6.45) is -1.19. The van der Waals surface area contributed by atoms with Gasteiger partial charge in [-0.05, 0) is 60.2 Å². The predicted octanol–water partition coefficient (Wildman–Crippen LogP) is 6.67. The normalized spacial score (nSPS) is 26.4. The third-order valence-electron chi connectivity index (χ3n) is 10.9. The number of allylic oxidation sites excluding steroid dienone is 1. The van der Waals surface area contributed by atoms with Crippen LogP contribution in [-0.4, -0.2) is 91.0 Å². The second-order valence-electron chi connectivity index (χ2n) is 14.9. The van der Waals surface area contributed by atoms with Crippen LogP contribution in [0.5, 0.6) is 0 Å². The Morgan fingerprint density at radius 2 is 1.33 bits per heavy atom. The number of hydrogen-bond donors (Lipinski definition) is 1. The minimum absolute atomic E-state index is 0.152. The van der Waals surface area contributed by atoms with Crippen LogP contribution in [0.4, 0.5) is 4.79 Å². The van der Waals surface area contributed by atoms with E-state index in [9.17, 15) is 19.5 Å². The SMILES string of the molecule is CO[C@H]1O[C@H](CO)[C@@H](OCc2ccccc2)[C@H](OCc2ccccc2)[C@@H]1OCCC=C1C=CC(=O)[C@H]([C@@H](Cc2ccccc2)C(=O)N2C(=O)O[C@H](c3ccccc3)[C@@H]2C)O1. The zero-order valence-corrected chi connectivity index (χ0v) is 33.7. The van der Waals surface area contributed by atoms with E-state index < -0.39 is 72.7 Å². The maximum absolute atomic E-state index is 14.4. The van der Waals surface area contributed by atoms with Gasteiger partial charge in [0, 0.05) is 7.11 Å². The summed E-state index contributed by atoms with van der Waals surface area (Å²) in [6, 6.07) is 37.4. The molecule has 2 fully saturated rings. The van der Waals surface area contributed by atoms with E-state index in [0.717, 1.165) is 27.2 Å². The molecule has 0 spiro atoms. The molecule has 3 heterocycles. The minimum atomic E-state index is -1.20. The third-order valence-corrected chi connectivity index (χ3v) is 10.9. The summed E-state index contributed by atoms with van der Waals surface area (Å²) in [6.45, 7) is 2.12. The van der Waals surface area contributed by atoms with Crippen LogP contribution in [0.1, 0.15) is 41.7 Å². The monoisotopic (exact) mass is 817 g/mol. The van der Waals surface area contributed by atoms with E-state index in [2.05, 4.69) is 0 Å². The Morgan fingerprint density at radius 1 is 0.750 bits per heavy atom. The molecule has 0 bridgehead atoms. The molecule has 2 saturated heterocycles.